The van der Waals surface area contributed by atoms with Gasteiger partial charge in [0.15, 0.2) is 5.76 Å². The van der Waals surface area contributed by atoms with Gasteiger partial charge < -0.3 is 14.8 Å². The summed E-state index contributed by atoms with van der Waals surface area (Å²) in [7, 11) is 0. The van der Waals surface area contributed by atoms with Gasteiger partial charge in [0, 0.05) is 24.3 Å². The van der Waals surface area contributed by atoms with Crippen molar-refractivity contribution in [2.45, 2.75) is 20.0 Å². The van der Waals surface area contributed by atoms with Crippen molar-refractivity contribution < 1.29 is 4.52 Å². The lowest BCUT2D eigenvalue weighted by Gasteiger charge is -2.03. The third-order valence-corrected chi connectivity index (χ3v) is 3.07. The molecule has 4 nitrogen and oxygen atoms in total. The van der Waals surface area contributed by atoms with E-state index in [4.69, 9.17) is 10.3 Å². The van der Waals surface area contributed by atoms with Crippen LogP contribution in [-0.2, 0) is 13.1 Å². The molecular weight excluding hydrogens is 226 g/mol. The first-order valence-corrected chi connectivity index (χ1v) is 5.96. The van der Waals surface area contributed by atoms with Crippen molar-refractivity contribution in [1.82, 2.24) is 9.72 Å². The van der Waals surface area contributed by atoms with E-state index in [0.29, 0.717) is 13.1 Å². The number of nitrogens with two attached hydrogens (primary N) is 1. The molecule has 1 aromatic carbocycles. The van der Waals surface area contributed by atoms with Gasteiger partial charge in [0.05, 0.1) is 12.2 Å². The van der Waals surface area contributed by atoms with E-state index in [9.17, 15) is 0 Å². The molecule has 18 heavy (non-hydrogen) atoms. The molecule has 92 valence electrons. The average Bonchev–Trinajstić information content (AvgIpc) is 2.96. The molecule has 0 aliphatic carbocycles. The molecule has 2 aromatic heterocycles. The second-order valence-corrected chi connectivity index (χ2v) is 4.48. The van der Waals surface area contributed by atoms with Gasteiger partial charge in [0.1, 0.15) is 0 Å². The number of nitrogens with zero attached hydrogens (tertiary/aromatic N) is 2. The van der Waals surface area contributed by atoms with E-state index >= 15 is 0 Å². The Kier molecular flexibility index (Phi) is 2.64. The Bertz CT molecular complexity index is 681. The van der Waals surface area contributed by atoms with Gasteiger partial charge in [0.25, 0.3) is 0 Å². The van der Waals surface area contributed by atoms with Crippen LogP contribution in [0.25, 0.3) is 10.9 Å². The highest BCUT2D eigenvalue weighted by atomic mass is 16.5. The van der Waals surface area contributed by atoms with Crippen LogP contribution in [0.4, 0.5) is 0 Å². The van der Waals surface area contributed by atoms with Crippen LogP contribution in [0.5, 0.6) is 0 Å². The van der Waals surface area contributed by atoms with Gasteiger partial charge in [-0.15, -0.1) is 0 Å². The van der Waals surface area contributed by atoms with Crippen molar-refractivity contribution in [3.63, 3.8) is 0 Å². The van der Waals surface area contributed by atoms with E-state index in [0.717, 1.165) is 17.0 Å². The molecule has 0 bridgehead atoms. The Hall–Kier alpha value is -2.07. The summed E-state index contributed by atoms with van der Waals surface area (Å²) in [6, 6.07) is 10.3. The van der Waals surface area contributed by atoms with E-state index in [1.807, 2.05) is 13.0 Å². The fourth-order valence-electron chi connectivity index (χ4n) is 2.17. The van der Waals surface area contributed by atoms with E-state index < -0.39 is 0 Å². The largest absolute Gasteiger partial charge is 0.359 e. The summed E-state index contributed by atoms with van der Waals surface area (Å²) in [4.78, 5) is 0. The van der Waals surface area contributed by atoms with E-state index in [1.165, 1.54) is 10.9 Å². The van der Waals surface area contributed by atoms with Gasteiger partial charge in [-0.05, 0) is 36.1 Å². The lowest BCUT2D eigenvalue weighted by molar-refractivity contribution is 0.374. The summed E-state index contributed by atoms with van der Waals surface area (Å²) in [6.45, 7) is 3.20. The molecule has 2 N–H and O–H groups in total. The van der Waals surface area contributed by atoms with Crippen LogP contribution in [0.2, 0.25) is 0 Å². The molecule has 0 amide bonds. The van der Waals surface area contributed by atoms with Gasteiger partial charge in [-0.3, -0.25) is 0 Å². The maximum absolute atomic E-state index is 5.64. The normalized spacial score (nSPS) is 11.2. The molecule has 0 saturated heterocycles. The fourth-order valence-corrected chi connectivity index (χ4v) is 2.17. The quantitative estimate of drug-likeness (QED) is 0.766. The van der Waals surface area contributed by atoms with Crippen LogP contribution in [0, 0.1) is 6.92 Å². The molecule has 0 spiro atoms. The smallest absolute Gasteiger partial charge is 0.156 e. The zero-order valence-electron chi connectivity index (χ0n) is 10.3. The zero-order valence-corrected chi connectivity index (χ0v) is 10.3. The first kappa shape index (κ1) is 11.0. The molecule has 0 atom stereocenters. The Morgan fingerprint density at radius 2 is 2.17 bits per heavy atom. The molecule has 3 rings (SSSR count). The fraction of sp³-hybridized carbons (Fsp3) is 0.214. The van der Waals surface area contributed by atoms with Gasteiger partial charge >= 0.3 is 0 Å². The lowest BCUT2D eigenvalue weighted by Crippen LogP contribution is -1.98. The number of aryl methyl sites for hydroxylation is 1. The van der Waals surface area contributed by atoms with Gasteiger partial charge in [-0.25, -0.2) is 0 Å². The van der Waals surface area contributed by atoms with Crippen LogP contribution in [0.15, 0.2) is 41.1 Å². The molecule has 0 saturated carbocycles. The molecule has 0 aliphatic heterocycles. The average molecular weight is 241 g/mol. The van der Waals surface area contributed by atoms with Crippen molar-refractivity contribution in [1.29, 1.82) is 0 Å². The summed E-state index contributed by atoms with van der Waals surface area (Å²) in [6.07, 6.45) is 2.06. The van der Waals surface area contributed by atoms with Crippen molar-refractivity contribution in [3.8, 4) is 0 Å². The number of hydrogen-bond acceptors (Lipinski definition) is 3. The van der Waals surface area contributed by atoms with Crippen molar-refractivity contribution in [3.05, 3.63) is 53.5 Å². The third kappa shape index (κ3) is 1.91. The van der Waals surface area contributed by atoms with Crippen molar-refractivity contribution in [2.75, 3.05) is 0 Å². The molecule has 2 heterocycles. The van der Waals surface area contributed by atoms with Gasteiger partial charge in [0.2, 0.25) is 0 Å². The van der Waals surface area contributed by atoms with Crippen LogP contribution in [-0.4, -0.2) is 9.72 Å². The number of fused-ring (bicyclic) bond motifs is 1. The Labute approximate surface area is 105 Å². The monoisotopic (exact) mass is 241 g/mol. The minimum Gasteiger partial charge on any atom is -0.359 e. The van der Waals surface area contributed by atoms with Crippen molar-refractivity contribution >= 4 is 10.9 Å². The maximum atomic E-state index is 5.64. The molecule has 0 fully saturated rings. The summed E-state index contributed by atoms with van der Waals surface area (Å²) in [5, 5.41) is 5.10. The van der Waals surface area contributed by atoms with Crippen LogP contribution in [0.3, 0.4) is 0 Å². The van der Waals surface area contributed by atoms with Crippen molar-refractivity contribution in [2.24, 2.45) is 5.73 Å². The highest BCUT2D eigenvalue weighted by molar-refractivity contribution is 5.80. The van der Waals surface area contributed by atoms with E-state index in [1.54, 1.807) is 0 Å². The number of benzene rings is 1. The second-order valence-electron chi connectivity index (χ2n) is 4.48. The first-order chi connectivity index (χ1) is 8.76. The first-order valence-electron chi connectivity index (χ1n) is 5.96. The SMILES string of the molecule is Cc1cc(Cn2ccc3cc(CN)ccc32)on1. The Balaban J connectivity index is 1.97. The molecular formula is C14H15N3O. The molecule has 4 heteroatoms. The standard InChI is InChI=1S/C14H15N3O/c1-10-6-13(18-16-10)9-17-5-4-12-7-11(8-15)2-3-14(12)17/h2-7H,8-9,15H2,1H3. The molecule has 0 aliphatic rings. The summed E-state index contributed by atoms with van der Waals surface area (Å²) >= 11 is 0. The highest BCUT2D eigenvalue weighted by Crippen LogP contribution is 2.19. The third-order valence-electron chi connectivity index (χ3n) is 3.07. The van der Waals surface area contributed by atoms with Crippen LogP contribution < -0.4 is 5.73 Å². The summed E-state index contributed by atoms with van der Waals surface area (Å²) in [5.41, 5.74) is 8.88. The van der Waals surface area contributed by atoms with E-state index in [2.05, 4.69) is 40.2 Å². The number of aromatic nitrogens is 2. The highest BCUT2D eigenvalue weighted by Gasteiger charge is 2.05. The predicted molar refractivity (Wildman–Crippen MR) is 70.2 cm³/mol. The zero-order chi connectivity index (χ0) is 12.5. The maximum Gasteiger partial charge on any atom is 0.156 e. The summed E-state index contributed by atoms with van der Waals surface area (Å²) < 4.78 is 7.39. The topological polar surface area (TPSA) is 57.0 Å². The molecule has 0 unspecified atom stereocenters. The van der Waals surface area contributed by atoms with Gasteiger partial charge in [-0.2, -0.15) is 0 Å². The summed E-state index contributed by atoms with van der Waals surface area (Å²) in [5.74, 6) is 0.868. The van der Waals surface area contributed by atoms with Gasteiger partial charge in [-0.1, -0.05) is 11.2 Å². The van der Waals surface area contributed by atoms with E-state index in [-0.39, 0.29) is 0 Å². The number of hydrogen-bond donors (Lipinski definition) is 1. The van der Waals surface area contributed by atoms with Crippen LogP contribution in [0.1, 0.15) is 17.0 Å². The number of rotatable bonds is 3. The second kappa shape index (κ2) is 4.31. The predicted octanol–water partition coefficient (Wildman–Crippen LogP) is 2.44. The Morgan fingerprint density at radius 3 is 2.89 bits per heavy atom. The minimum atomic E-state index is 0.572. The van der Waals surface area contributed by atoms with Crippen LogP contribution >= 0.6 is 0 Å². The molecule has 3 aromatic rings. The minimum absolute atomic E-state index is 0.572. The Morgan fingerprint density at radius 1 is 1.28 bits per heavy atom. The molecule has 0 radical (unpaired) electrons. The lowest BCUT2D eigenvalue weighted by atomic mass is 10.1.